The fraction of sp³-hybridized carbons (Fsp3) is 0.750. The van der Waals surface area contributed by atoms with Crippen LogP contribution in [0.1, 0.15) is 27.2 Å². The zero-order chi connectivity index (χ0) is 15.1. The van der Waals surface area contributed by atoms with Crippen LogP contribution in [-0.4, -0.2) is 54.8 Å². The third-order valence-electron chi connectivity index (χ3n) is 3.73. The van der Waals surface area contributed by atoms with Gasteiger partial charge in [-0.05, 0) is 26.8 Å². The highest BCUT2D eigenvalue weighted by atomic mass is 32.2. The Bertz CT molecular complexity index is 413. The van der Waals surface area contributed by atoms with Gasteiger partial charge in [-0.15, -0.1) is 0 Å². The SMILES string of the molecule is CC[N+](CC)(CC=CC(N)=O)C(C)CCS(=O)(=O)[O-]. The van der Waals surface area contributed by atoms with E-state index in [2.05, 4.69) is 0 Å². The number of hydrogen-bond donors (Lipinski definition) is 1. The standard InChI is InChI=1S/C12H24N2O4S/c1-4-14(5-2,9-6-7-12(13)15)11(3)8-10-19(16,17)18/h6-7,11H,4-5,8-10H2,1-3H3,(H2-,13,15,16,17,18). The van der Waals surface area contributed by atoms with Gasteiger partial charge in [0.05, 0.1) is 35.8 Å². The molecule has 0 spiro atoms. The Morgan fingerprint density at radius 2 is 1.89 bits per heavy atom. The third kappa shape index (κ3) is 6.70. The Morgan fingerprint density at radius 3 is 2.26 bits per heavy atom. The molecule has 0 aliphatic rings. The number of quaternary nitrogens is 1. The molecular formula is C12H24N2O4S. The van der Waals surface area contributed by atoms with Gasteiger partial charge in [0.1, 0.15) is 0 Å². The second-order valence-electron chi connectivity index (χ2n) is 4.74. The van der Waals surface area contributed by atoms with Gasteiger partial charge < -0.3 is 14.8 Å². The van der Waals surface area contributed by atoms with Gasteiger partial charge in [0.15, 0.2) is 0 Å². The molecule has 1 amide bonds. The summed E-state index contributed by atoms with van der Waals surface area (Å²) in [6, 6.07) is 0.0243. The average molecular weight is 292 g/mol. The summed E-state index contributed by atoms with van der Waals surface area (Å²) >= 11 is 0. The van der Waals surface area contributed by atoms with Crippen LogP contribution >= 0.6 is 0 Å². The number of primary amides is 1. The predicted molar refractivity (Wildman–Crippen MR) is 73.2 cm³/mol. The number of amides is 1. The molecule has 19 heavy (non-hydrogen) atoms. The molecule has 7 heteroatoms. The van der Waals surface area contributed by atoms with Crippen molar-refractivity contribution < 1.29 is 22.2 Å². The summed E-state index contributed by atoms with van der Waals surface area (Å²) < 4.78 is 32.7. The molecule has 0 aromatic heterocycles. The van der Waals surface area contributed by atoms with Crippen molar-refractivity contribution in [1.29, 1.82) is 0 Å². The average Bonchev–Trinajstić information content (AvgIpc) is 2.31. The van der Waals surface area contributed by atoms with E-state index in [1.807, 2.05) is 20.8 Å². The van der Waals surface area contributed by atoms with E-state index in [4.69, 9.17) is 5.73 Å². The van der Waals surface area contributed by atoms with Crippen LogP contribution in [0.15, 0.2) is 12.2 Å². The molecule has 0 aromatic rings. The molecule has 0 fully saturated rings. The predicted octanol–water partition coefficient (Wildman–Crippen LogP) is 0.208. The van der Waals surface area contributed by atoms with E-state index in [1.54, 1.807) is 6.08 Å². The monoisotopic (exact) mass is 292 g/mol. The maximum atomic E-state index is 10.7. The van der Waals surface area contributed by atoms with E-state index in [1.165, 1.54) is 6.08 Å². The molecule has 0 saturated heterocycles. The molecular weight excluding hydrogens is 268 g/mol. The fourth-order valence-corrected chi connectivity index (χ4v) is 2.88. The van der Waals surface area contributed by atoms with Crippen molar-refractivity contribution in [3.8, 4) is 0 Å². The summed E-state index contributed by atoms with van der Waals surface area (Å²) in [4.78, 5) is 10.7. The topological polar surface area (TPSA) is 100 Å². The van der Waals surface area contributed by atoms with Gasteiger partial charge in [-0.1, -0.05) is 0 Å². The zero-order valence-electron chi connectivity index (χ0n) is 11.8. The van der Waals surface area contributed by atoms with Crippen LogP contribution in [-0.2, 0) is 14.9 Å². The molecule has 0 aliphatic heterocycles. The third-order valence-corrected chi connectivity index (χ3v) is 4.47. The van der Waals surface area contributed by atoms with Crippen molar-refractivity contribution in [1.82, 2.24) is 0 Å². The largest absolute Gasteiger partial charge is 0.748 e. The number of rotatable bonds is 9. The first-order valence-corrected chi connectivity index (χ1v) is 8.00. The maximum absolute atomic E-state index is 10.7. The number of nitrogens with two attached hydrogens (primary N) is 1. The van der Waals surface area contributed by atoms with Crippen LogP contribution in [0.2, 0.25) is 0 Å². The lowest BCUT2D eigenvalue weighted by Gasteiger charge is -2.41. The first-order valence-electron chi connectivity index (χ1n) is 6.42. The first kappa shape index (κ1) is 18.1. The van der Waals surface area contributed by atoms with Crippen LogP contribution in [0.4, 0.5) is 0 Å². The van der Waals surface area contributed by atoms with Gasteiger partial charge in [-0.2, -0.15) is 0 Å². The van der Waals surface area contributed by atoms with E-state index < -0.39 is 16.0 Å². The van der Waals surface area contributed by atoms with Crippen LogP contribution in [0.3, 0.4) is 0 Å². The number of carbonyl (C=O) groups excluding carboxylic acids is 1. The van der Waals surface area contributed by atoms with Crippen molar-refractivity contribution in [2.45, 2.75) is 33.2 Å². The van der Waals surface area contributed by atoms with Crippen molar-refractivity contribution >= 4 is 16.0 Å². The van der Waals surface area contributed by atoms with E-state index in [9.17, 15) is 17.8 Å². The first-order chi connectivity index (χ1) is 8.67. The molecule has 112 valence electrons. The fourth-order valence-electron chi connectivity index (χ4n) is 2.25. The highest BCUT2D eigenvalue weighted by Crippen LogP contribution is 2.17. The number of carbonyl (C=O) groups is 1. The van der Waals surface area contributed by atoms with Crippen molar-refractivity contribution in [3.63, 3.8) is 0 Å². The molecule has 0 bridgehead atoms. The van der Waals surface area contributed by atoms with Crippen LogP contribution in [0, 0.1) is 0 Å². The maximum Gasteiger partial charge on any atom is 0.241 e. The highest BCUT2D eigenvalue weighted by molar-refractivity contribution is 7.85. The van der Waals surface area contributed by atoms with Crippen molar-refractivity contribution in [3.05, 3.63) is 12.2 Å². The molecule has 6 nitrogen and oxygen atoms in total. The molecule has 1 unspecified atom stereocenters. The minimum atomic E-state index is -4.18. The van der Waals surface area contributed by atoms with Gasteiger partial charge in [0.2, 0.25) is 5.91 Å². The van der Waals surface area contributed by atoms with E-state index in [-0.39, 0.29) is 11.8 Å². The smallest absolute Gasteiger partial charge is 0.241 e. The van der Waals surface area contributed by atoms with Crippen molar-refractivity contribution in [2.24, 2.45) is 5.73 Å². The molecule has 0 aromatic carbocycles. The minimum absolute atomic E-state index is 0.0243. The molecule has 0 heterocycles. The van der Waals surface area contributed by atoms with Gasteiger partial charge in [0.25, 0.3) is 0 Å². The number of likely N-dealkylation sites (N-methyl/N-ethyl adjacent to an activating group) is 1. The lowest BCUT2D eigenvalue weighted by Crippen LogP contribution is -2.54. The summed E-state index contributed by atoms with van der Waals surface area (Å²) in [7, 11) is -4.18. The zero-order valence-corrected chi connectivity index (χ0v) is 12.6. The minimum Gasteiger partial charge on any atom is -0.748 e. The van der Waals surface area contributed by atoms with Crippen LogP contribution in [0.5, 0.6) is 0 Å². The lowest BCUT2D eigenvalue weighted by molar-refractivity contribution is -0.941. The van der Waals surface area contributed by atoms with Gasteiger partial charge in [0, 0.05) is 18.2 Å². The molecule has 0 saturated carbocycles. The Labute approximate surface area is 115 Å². The quantitative estimate of drug-likeness (QED) is 0.373. The molecule has 0 rings (SSSR count). The highest BCUT2D eigenvalue weighted by Gasteiger charge is 2.29. The van der Waals surface area contributed by atoms with E-state index in [0.717, 1.165) is 13.1 Å². The Hall–Kier alpha value is -0.920. The van der Waals surface area contributed by atoms with Gasteiger partial charge >= 0.3 is 0 Å². The molecule has 2 N–H and O–H groups in total. The summed E-state index contributed by atoms with van der Waals surface area (Å²) in [5.74, 6) is -0.853. The van der Waals surface area contributed by atoms with Gasteiger partial charge in [-0.3, -0.25) is 4.79 Å². The lowest BCUT2D eigenvalue weighted by atomic mass is 10.1. The number of hydrogen-bond acceptors (Lipinski definition) is 4. The Kier molecular flexibility index (Phi) is 7.25. The van der Waals surface area contributed by atoms with Crippen LogP contribution < -0.4 is 5.73 Å². The van der Waals surface area contributed by atoms with E-state index >= 15 is 0 Å². The van der Waals surface area contributed by atoms with Crippen LogP contribution in [0.25, 0.3) is 0 Å². The summed E-state index contributed by atoms with van der Waals surface area (Å²) in [5, 5.41) is 0. The van der Waals surface area contributed by atoms with Gasteiger partial charge in [-0.25, -0.2) is 8.42 Å². The second-order valence-corrected chi connectivity index (χ2v) is 6.26. The summed E-state index contributed by atoms with van der Waals surface area (Å²) in [6.45, 7) is 8.11. The number of nitrogens with zero attached hydrogens (tertiary/aromatic N) is 1. The Balaban J connectivity index is 4.80. The summed E-state index contributed by atoms with van der Waals surface area (Å²) in [5.41, 5.74) is 5.04. The van der Waals surface area contributed by atoms with Crippen molar-refractivity contribution in [2.75, 3.05) is 25.4 Å². The molecule has 1 atom stereocenters. The normalized spacial score (nSPS) is 14.7. The van der Waals surface area contributed by atoms with E-state index in [0.29, 0.717) is 17.4 Å². The molecule has 0 radical (unpaired) electrons. The second kappa shape index (κ2) is 7.62. The summed E-state index contributed by atoms with van der Waals surface area (Å²) in [6.07, 6.45) is 3.34. The Morgan fingerprint density at radius 1 is 1.37 bits per heavy atom. The molecule has 0 aliphatic carbocycles.